The van der Waals surface area contributed by atoms with Gasteiger partial charge in [-0.1, -0.05) is 13.0 Å². The first kappa shape index (κ1) is 24.8. The van der Waals surface area contributed by atoms with Gasteiger partial charge in [0, 0.05) is 49.3 Å². The number of fused-ring (bicyclic) bond motifs is 4. The summed E-state index contributed by atoms with van der Waals surface area (Å²) in [6.45, 7) is 6.60. The molecule has 1 aromatic heterocycles. The molecule has 0 saturated carbocycles. The second kappa shape index (κ2) is 9.44. The van der Waals surface area contributed by atoms with Gasteiger partial charge in [0.2, 0.25) is 0 Å². The number of nitrogens with zero attached hydrogens (tertiary/aromatic N) is 4. The van der Waals surface area contributed by atoms with E-state index in [1.807, 2.05) is 6.07 Å². The summed E-state index contributed by atoms with van der Waals surface area (Å²) in [6, 6.07) is 6.33. The number of rotatable bonds is 4. The molecule has 6 nitrogen and oxygen atoms in total. The highest BCUT2D eigenvalue weighted by Gasteiger charge is 2.48. The molecule has 1 aliphatic carbocycles. The molecule has 0 bridgehead atoms. The van der Waals surface area contributed by atoms with Crippen LogP contribution in [0.15, 0.2) is 18.2 Å². The molecule has 5 aliphatic rings. The minimum atomic E-state index is -0.694. The highest BCUT2D eigenvalue weighted by Crippen LogP contribution is 2.47. The maximum Gasteiger partial charge on any atom is 0.138 e. The molecule has 7 rings (SSSR count). The van der Waals surface area contributed by atoms with Crippen LogP contribution in [-0.4, -0.2) is 52.8 Å². The number of halogens is 1. The average molecular weight is 520 g/mol. The molecule has 1 spiro atoms. The van der Waals surface area contributed by atoms with Gasteiger partial charge >= 0.3 is 0 Å². The van der Waals surface area contributed by atoms with Gasteiger partial charge in [0.05, 0.1) is 17.9 Å². The van der Waals surface area contributed by atoms with Crippen molar-refractivity contribution in [3.05, 3.63) is 46.4 Å². The highest BCUT2D eigenvalue weighted by molar-refractivity contribution is 5.53. The molecule has 0 amide bonds. The predicted molar refractivity (Wildman–Crippen MR) is 148 cm³/mol. The number of piperidine rings is 1. The number of ether oxygens (including phenoxy) is 1. The third kappa shape index (κ3) is 4.21. The van der Waals surface area contributed by atoms with Gasteiger partial charge < -0.3 is 15.4 Å². The fourth-order valence-electron chi connectivity index (χ4n) is 8.37. The molecule has 38 heavy (non-hydrogen) atoms. The third-order valence-electron chi connectivity index (χ3n) is 10.2. The number of nitrogens with two attached hydrogens (primary N) is 1. The Balaban J connectivity index is 1.24. The van der Waals surface area contributed by atoms with E-state index in [0.717, 1.165) is 87.6 Å². The van der Waals surface area contributed by atoms with Crippen molar-refractivity contribution in [3.63, 3.8) is 0 Å². The minimum Gasteiger partial charge on any atom is -0.399 e. The van der Waals surface area contributed by atoms with Crippen molar-refractivity contribution in [2.75, 3.05) is 36.8 Å². The Morgan fingerprint density at radius 3 is 2.95 bits per heavy atom. The lowest BCUT2D eigenvalue weighted by molar-refractivity contribution is -0.0854. The van der Waals surface area contributed by atoms with E-state index in [2.05, 4.69) is 28.9 Å². The van der Waals surface area contributed by atoms with Gasteiger partial charge in [-0.3, -0.25) is 4.90 Å². The Bertz CT molecular complexity index is 1220. The summed E-state index contributed by atoms with van der Waals surface area (Å²) in [5.74, 6) is 2.68. The lowest BCUT2D eigenvalue weighted by Crippen LogP contribution is -2.42. The van der Waals surface area contributed by atoms with Crippen LogP contribution in [0.5, 0.6) is 0 Å². The molecule has 2 N–H and O–H groups in total. The molecule has 3 fully saturated rings. The van der Waals surface area contributed by atoms with Crippen LogP contribution in [0.25, 0.3) is 0 Å². The Morgan fingerprint density at radius 2 is 2.05 bits per heavy atom. The van der Waals surface area contributed by atoms with E-state index in [-0.39, 0.29) is 11.1 Å². The van der Waals surface area contributed by atoms with E-state index < -0.39 is 6.17 Å². The second-order valence-corrected chi connectivity index (χ2v) is 12.9. The summed E-state index contributed by atoms with van der Waals surface area (Å²) in [5, 5.41) is 0. The van der Waals surface area contributed by atoms with Crippen molar-refractivity contribution < 1.29 is 9.13 Å². The lowest BCUT2D eigenvalue weighted by atomic mass is 9.74. The summed E-state index contributed by atoms with van der Waals surface area (Å²) in [4.78, 5) is 15.4. The quantitative estimate of drug-likeness (QED) is 0.567. The molecule has 4 aliphatic heterocycles. The SMILES string of the molecule is CC1CCCN(c2nc(CCC34CCCN3CC(F)C4)nc3c2COC2(CCCc4ccc(N)cc42)C3)C1. The number of hydrogen-bond donors (Lipinski definition) is 1. The average Bonchev–Trinajstić information content (AvgIpc) is 3.43. The van der Waals surface area contributed by atoms with E-state index >= 15 is 0 Å². The van der Waals surface area contributed by atoms with Crippen LogP contribution in [0.2, 0.25) is 0 Å². The summed E-state index contributed by atoms with van der Waals surface area (Å²) in [5.41, 5.74) is 11.6. The molecular weight excluding hydrogens is 477 g/mol. The molecule has 5 heterocycles. The van der Waals surface area contributed by atoms with Crippen molar-refractivity contribution >= 4 is 11.5 Å². The topological polar surface area (TPSA) is 67.5 Å². The van der Waals surface area contributed by atoms with Gasteiger partial charge in [-0.05, 0) is 93.5 Å². The van der Waals surface area contributed by atoms with Crippen LogP contribution >= 0.6 is 0 Å². The summed E-state index contributed by atoms with van der Waals surface area (Å²) in [6.07, 6.45) is 10.4. The fourth-order valence-corrected chi connectivity index (χ4v) is 8.37. The van der Waals surface area contributed by atoms with E-state index in [0.29, 0.717) is 25.5 Å². The van der Waals surface area contributed by atoms with Crippen LogP contribution in [0.1, 0.15) is 86.5 Å². The monoisotopic (exact) mass is 519 g/mol. The van der Waals surface area contributed by atoms with Crippen LogP contribution in [-0.2, 0) is 36.2 Å². The molecule has 2 aromatic rings. The summed E-state index contributed by atoms with van der Waals surface area (Å²) < 4.78 is 21.2. The fraction of sp³-hybridized carbons (Fsp3) is 0.677. The highest BCUT2D eigenvalue weighted by atomic mass is 19.1. The van der Waals surface area contributed by atoms with Gasteiger partial charge in [0.25, 0.3) is 0 Å². The Morgan fingerprint density at radius 1 is 1.13 bits per heavy atom. The van der Waals surface area contributed by atoms with Crippen molar-refractivity contribution in [2.24, 2.45) is 5.92 Å². The number of benzene rings is 1. The molecule has 3 saturated heterocycles. The maximum atomic E-state index is 14.4. The molecule has 4 atom stereocenters. The number of anilines is 2. The number of aromatic nitrogens is 2. The van der Waals surface area contributed by atoms with Gasteiger partial charge in [0.1, 0.15) is 17.8 Å². The standard InChI is InChI=1S/C31H42FN5O/c1-21-5-3-13-36(18-21)29-25-20-38-31(11-2-6-22-7-8-24(33)15-26(22)31)17-27(25)34-28(35-29)9-12-30-10-4-14-37(30)19-23(32)16-30/h7-8,15,21,23H,2-6,9-14,16-20,33H2,1H3. The second-order valence-electron chi connectivity index (χ2n) is 12.9. The summed E-state index contributed by atoms with van der Waals surface area (Å²) >= 11 is 0. The molecule has 1 aromatic carbocycles. The zero-order chi connectivity index (χ0) is 25.9. The number of alkyl halides is 1. The Labute approximate surface area is 226 Å². The number of aryl methyl sites for hydroxylation is 2. The van der Waals surface area contributed by atoms with Gasteiger partial charge in [-0.2, -0.15) is 0 Å². The molecular formula is C31H42FN5O. The van der Waals surface area contributed by atoms with Gasteiger partial charge in [-0.15, -0.1) is 0 Å². The van der Waals surface area contributed by atoms with Crippen LogP contribution in [0, 0.1) is 5.92 Å². The van der Waals surface area contributed by atoms with E-state index in [9.17, 15) is 4.39 Å². The smallest absolute Gasteiger partial charge is 0.138 e. The van der Waals surface area contributed by atoms with Crippen molar-refractivity contribution in [1.29, 1.82) is 0 Å². The number of nitrogen functional groups attached to an aromatic ring is 1. The van der Waals surface area contributed by atoms with Gasteiger partial charge in [0.15, 0.2) is 0 Å². The predicted octanol–water partition coefficient (Wildman–Crippen LogP) is 5.11. The summed E-state index contributed by atoms with van der Waals surface area (Å²) in [7, 11) is 0. The van der Waals surface area contributed by atoms with E-state index in [1.165, 1.54) is 36.0 Å². The van der Waals surface area contributed by atoms with E-state index in [4.69, 9.17) is 20.4 Å². The van der Waals surface area contributed by atoms with E-state index in [1.54, 1.807) is 0 Å². The van der Waals surface area contributed by atoms with Crippen LogP contribution in [0.4, 0.5) is 15.9 Å². The Hall–Kier alpha value is -2.25. The van der Waals surface area contributed by atoms with Crippen LogP contribution < -0.4 is 10.6 Å². The first-order chi connectivity index (χ1) is 18.4. The zero-order valence-corrected chi connectivity index (χ0v) is 22.9. The first-order valence-corrected chi connectivity index (χ1v) is 15.0. The third-order valence-corrected chi connectivity index (χ3v) is 10.2. The maximum absolute atomic E-state index is 14.4. The van der Waals surface area contributed by atoms with Crippen LogP contribution in [0.3, 0.4) is 0 Å². The van der Waals surface area contributed by atoms with Crippen molar-refractivity contribution in [3.8, 4) is 0 Å². The normalized spacial score (nSPS) is 32.8. The largest absolute Gasteiger partial charge is 0.399 e. The molecule has 4 unspecified atom stereocenters. The zero-order valence-electron chi connectivity index (χ0n) is 22.9. The first-order valence-electron chi connectivity index (χ1n) is 15.0. The molecule has 7 heteroatoms. The molecule has 0 radical (unpaired) electrons. The van der Waals surface area contributed by atoms with Gasteiger partial charge in [-0.25, -0.2) is 14.4 Å². The molecule has 204 valence electrons. The number of hydrogen-bond acceptors (Lipinski definition) is 6. The minimum absolute atomic E-state index is 0.00263. The Kier molecular flexibility index (Phi) is 6.15. The lowest BCUT2D eigenvalue weighted by Gasteiger charge is -2.43. The van der Waals surface area contributed by atoms with Crippen molar-refractivity contribution in [1.82, 2.24) is 14.9 Å². The van der Waals surface area contributed by atoms with Crippen molar-refractivity contribution in [2.45, 2.75) is 101 Å².